The van der Waals surface area contributed by atoms with Gasteiger partial charge >= 0.3 is 0 Å². The quantitative estimate of drug-likeness (QED) is 0.570. The van der Waals surface area contributed by atoms with Crippen LogP contribution in [0.2, 0.25) is 5.02 Å². The van der Waals surface area contributed by atoms with Gasteiger partial charge in [-0.2, -0.15) is 0 Å². The van der Waals surface area contributed by atoms with Crippen molar-refractivity contribution in [3.05, 3.63) is 106 Å². The van der Waals surface area contributed by atoms with Crippen molar-refractivity contribution < 1.29 is 9.59 Å². The first-order chi connectivity index (χ1) is 14.4. The second-order valence-electron chi connectivity index (χ2n) is 7.38. The molecular weight excluding hydrogens is 396 g/mol. The van der Waals surface area contributed by atoms with E-state index >= 15 is 0 Å². The number of halogens is 1. The number of rotatable bonds is 5. The van der Waals surface area contributed by atoms with E-state index in [1.54, 1.807) is 12.1 Å². The van der Waals surface area contributed by atoms with E-state index in [9.17, 15) is 9.59 Å². The fraction of sp³-hybridized carbons (Fsp3) is 0.120. The average molecular weight is 417 g/mol. The van der Waals surface area contributed by atoms with Gasteiger partial charge in [-0.05, 0) is 54.3 Å². The van der Waals surface area contributed by atoms with Gasteiger partial charge in [-0.1, -0.05) is 66.2 Å². The summed E-state index contributed by atoms with van der Waals surface area (Å²) in [6.07, 6.45) is 0. The molecule has 150 valence electrons. The van der Waals surface area contributed by atoms with Crippen LogP contribution in [-0.2, 0) is 16.1 Å². The Morgan fingerprint density at radius 2 is 1.57 bits per heavy atom. The summed E-state index contributed by atoms with van der Waals surface area (Å²) in [4.78, 5) is 27.9. The third kappa shape index (κ3) is 3.87. The normalized spacial score (nSPS) is 13.9. The molecule has 30 heavy (non-hydrogen) atoms. The van der Waals surface area contributed by atoms with Gasteiger partial charge in [-0.3, -0.25) is 14.5 Å². The highest BCUT2D eigenvalue weighted by atomic mass is 35.5. The molecule has 1 aliphatic rings. The number of hydrogen-bond acceptors (Lipinski definition) is 3. The van der Waals surface area contributed by atoms with Crippen molar-refractivity contribution in [2.75, 3.05) is 5.32 Å². The molecule has 3 aromatic carbocycles. The van der Waals surface area contributed by atoms with Crippen LogP contribution >= 0.6 is 11.6 Å². The molecule has 0 saturated carbocycles. The molecule has 1 heterocycles. The van der Waals surface area contributed by atoms with Gasteiger partial charge in [0.1, 0.15) is 5.70 Å². The first-order valence-electron chi connectivity index (χ1n) is 9.68. The summed E-state index contributed by atoms with van der Waals surface area (Å²) >= 11 is 5.96. The van der Waals surface area contributed by atoms with E-state index in [0.717, 1.165) is 22.4 Å². The molecule has 3 aromatic rings. The summed E-state index contributed by atoms with van der Waals surface area (Å²) in [6.45, 7) is 4.14. The van der Waals surface area contributed by atoms with Crippen LogP contribution in [-0.4, -0.2) is 16.7 Å². The van der Waals surface area contributed by atoms with E-state index in [1.165, 1.54) is 4.90 Å². The van der Waals surface area contributed by atoms with Crippen LogP contribution in [0.3, 0.4) is 0 Å². The van der Waals surface area contributed by atoms with Crippen molar-refractivity contribution in [3.63, 3.8) is 0 Å². The van der Waals surface area contributed by atoms with Crippen LogP contribution in [0, 0.1) is 13.8 Å². The van der Waals surface area contributed by atoms with E-state index in [2.05, 4.69) is 5.32 Å². The minimum absolute atomic E-state index is 0.184. The summed E-state index contributed by atoms with van der Waals surface area (Å²) < 4.78 is 0. The van der Waals surface area contributed by atoms with Crippen molar-refractivity contribution in [1.82, 2.24) is 4.90 Å². The van der Waals surface area contributed by atoms with Gasteiger partial charge in [0.2, 0.25) is 0 Å². The van der Waals surface area contributed by atoms with Gasteiger partial charge < -0.3 is 5.32 Å². The molecule has 0 unspecified atom stereocenters. The van der Waals surface area contributed by atoms with Crippen LogP contribution < -0.4 is 5.32 Å². The molecule has 0 aromatic heterocycles. The smallest absolute Gasteiger partial charge is 0.278 e. The van der Waals surface area contributed by atoms with E-state index in [-0.39, 0.29) is 18.4 Å². The Hall–Kier alpha value is -3.37. The lowest BCUT2D eigenvalue weighted by molar-refractivity contribution is -0.137. The molecule has 0 radical (unpaired) electrons. The van der Waals surface area contributed by atoms with Crippen LogP contribution in [0.4, 0.5) is 5.69 Å². The van der Waals surface area contributed by atoms with Gasteiger partial charge in [-0.15, -0.1) is 0 Å². The summed E-state index contributed by atoms with van der Waals surface area (Å²) in [5, 5.41) is 3.86. The fourth-order valence-electron chi connectivity index (χ4n) is 3.49. The van der Waals surface area contributed by atoms with E-state index < -0.39 is 0 Å². The topological polar surface area (TPSA) is 49.4 Å². The molecule has 4 nitrogen and oxygen atoms in total. The van der Waals surface area contributed by atoms with Crippen LogP contribution in [0.25, 0.3) is 5.57 Å². The number of hydrogen-bond donors (Lipinski definition) is 1. The molecule has 0 atom stereocenters. The number of imide groups is 1. The zero-order valence-corrected chi connectivity index (χ0v) is 17.5. The number of nitrogens with one attached hydrogen (secondary N) is 1. The first-order valence-corrected chi connectivity index (χ1v) is 10.1. The molecular formula is C25H21ClN2O2. The summed E-state index contributed by atoms with van der Waals surface area (Å²) in [7, 11) is 0. The molecule has 5 heteroatoms. The maximum Gasteiger partial charge on any atom is 0.278 e. The van der Waals surface area contributed by atoms with Gasteiger partial charge in [0.15, 0.2) is 0 Å². The first kappa shape index (κ1) is 19.9. The van der Waals surface area contributed by atoms with Crippen LogP contribution in [0.15, 0.2) is 78.5 Å². The lowest BCUT2D eigenvalue weighted by Gasteiger charge is -2.16. The van der Waals surface area contributed by atoms with Gasteiger partial charge in [0.05, 0.1) is 12.1 Å². The summed E-state index contributed by atoms with van der Waals surface area (Å²) in [5.74, 6) is -0.649. The summed E-state index contributed by atoms with van der Waals surface area (Å²) in [6, 6.07) is 22.4. The predicted octanol–water partition coefficient (Wildman–Crippen LogP) is 5.35. The minimum atomic E-state index is -0.338. The van der Waals surface area contributed by atoms with Crippen molar-refractivity contribution in [3.8, 4) is 0 Å². The van der Waals surface area contributed by atoms with E-state index in [1.807, 2.05) is 74.5 Å². The number of carbonyl (C=O) groups is 2. The molecule has 1 N–H and O–H groups in total. The molecule has 1 aliphatic heterocycles. The highest BCUT2D eigenvalue weighted by Gasteiger charge is 2.39. The minimum Gasteiger partial charge on any atom is -0.350 e. The van der Waals surface area contributed by atoms with Gasteiger partial charge in [0, 0.05) is 10.7 Å². The van der Waals surface area contributed by atoms with Crippen molar-refractivity contribution in [2.45, 2.75) is 20.4 Å². The zero-order chi connectivity index (χ0) is 21.3. The Balaban J connectivity index is 1.75. The second-order valence-corrected chi connectivity index (χ2v) is 7.82. The van der Waals surface area contributed by atoms with Crippen LogP contribution in [0.5, 0.6) is 0 Å². The molecule has 4 rings (SSSR count). The lowest BCUT2D eigenvalue weighted by Crippen LogP contribution is -2.32. The molecule has 0 saturated heterocycles. The largest absolute Gasteiger partial charge is 0.350 e. The highest BCUT2D eigenvalue weighted by Crippen LogP contribution is 2.32. The maximum atomic E-state index is 13.3. The number of carbonyl (C=O) groups excluding carboxylic acids is 2. The fourth-order valence-corrected chi connectivity index (χ4v) is 3.61. The van der Waals surface area contributed by atoms with Crippen molar-refractivity contribution in [2.24, 2.45) is 0 Å². The molecule has 2 amide bonds. The molecule has 0 aliphatic carbocycles. The van der Waals surface area contributed by atoms with Gasteiger partial charge in [0.25, 0.3) is 11.8 Å². The van der Waals surface area contributed by atoms with Crippen molar-refractivity contribution >= 4 is 34.7 Å². The zero-order valence-electron chi connectivity index (χ0n) is 16.8. The SMILES string of the molecule is Cc1ccc(C)c(NC2=C(c3ccccc3)C(=O)N(Cc3ccc(Cl)cc3)C2=O)c1. The number of nitrogens with zero attached hydrogens (tertiary/aromatic N) is 1. The Bertz CT molecular complexity index is 1150. The number of anilines is 1. The molecule has 0 spiro atoms. The third-order valence-electron chi connectivity index (χ3n) is 5.14. The monoisotopic (exact) mass is 416 g/mol. The van der Waals surface area contributed by atoms with Crippen LogP contribution in [0.1, 0.15) is 22.3 Å². The van der Waals surface area contributed by atoms with E-state index in [4.69, 9.17) is 11.6 Å². The third-order valence-corrected chi connectivity index (χ3v) is 5.39. The number of benzene rings is 3. The Morgan fingerprint density at radius 3 is 2.27 bits per heavy atom. The summed E-state index contributed by atoms with van der Waals surface area (Å²) in [5.41, 5.74) is 5.11. The molecule has 0 bridgehead atoms. The lowest BCUT2D eigenvalue weighted by atomic mass is 10.0. The Morgan fingerprint density at radius 1 is 0.867 bits per heavy atom. The van der Waals surface area contributed by atoms with E-state index in [0.29, 0.717) is 21.9 Å². The Labute approximate surface area is 180 Å². The number of aryl methyl sites for hydroxylation is 2. The van der Waals surface area contributed by atoms with Gasteiger partial charge in [-0.25, -0.2) is 0 Å². The standard InChI is InChI=1S/C25H21ClN2O2/c1-16-8-9-17(2)21(14-16)27-23-22(19-6-4-3-5-7-19)24(29)28(25(23)30)15-18-10-12-20(26)13-11-18/h3-14,27H,15H2,1-2H3. The predicted molar refractivity (Wildman–Crippen MR) is 120 cm³/mol. The number of amides is 2. The Kier molecular flexibility index (Phi) is 5.42. The maximum absolute atomic E-state index is 13.3. The highest BCUT2D eigenvalue weighted by molar-refractivity contribution is 6.36. The second kappa shape index (κ2) is 8.17. The average Bonchev–Trinajstić information content (AvgIpc) is 2.97. The molecule has 0 fully saturated rings. The van der Waals surface area contributed by atoms with Crippen molar-refractivity contribution in [1.29, 1.82) is 0 Å².